The van der Waals surface area contributed by atoms with Crippen molar-refractivity contribution in [2.75, 3.05) is 6.54 Å². The van der Waals surface area contributed by atoms with E-state index >= 15 is 0 Å². The Bertz CT molecular complexity index is 637. The zero-order valence-corrected chi connectivity index (χ0v) is 10.9. The molecule has 2 aromatic carbocycles. The van der Waals surface area contributed by atoms with Gasteiger partial charge in [-0.1, -0.05) is 48.5 Å². The summed E-state index contributed by atoms with van der Waals surface area (Å²) in [7, 11) is 0. The highest BCUT2D eigenvalue weighted by molar-refractivity contribution is 5.36. The molecule has 0 amide bonds. The first-order valence-corrected chi connectivity index (χ1v) is 6.99. The first-order chi connectivity index (χ1) is 9.26. The van der Waals surface area contributed by atoms with Crippen molar-refractivity contribution in [2.45, 2.75) is 25.4 Å². The van der Waals surface area contributed by atoms with E-state index in [0.717, 1.165) is 19.4 Å². The molecule has 2 nitrogen and oxygen atoms in total. The lowest BCUT2D eigenvalue weighted by atomic mass is 9.83. The van der Waals surface area contributed by atoms with Gasteiger partial charge in [-0.25, -0.2) is 0 Å². The molecular formula is C17H17NO. The zero-order chi connectivity index (χ0) is 12.9. The van der Waals surface area contributed by atoms with Crippen LogP contribution >= 0.6 is 0 Å². The first kappa shape index (κ1) is 11.2. The predicted octanol–water partition coefficient (Wildman–Crippen LogP) is 3.35. The molecule has 2 heterocycles. The van der Waals surface area contributed by atoms with E-state index in [4.69, 9.17) is 0 Å². The number of hydroxylamine groups is 3. The summed E-state index contributed by atoms with van der Waals surface area (Å²) in [4.78, 5) is 0. The standard InChI is InChI=1S/C17H17NO/c19-18-10-9-13-5-3-4-8-16(13)17(18)11-14-6-1-2-7-15(14)12-18/h1-8,17H,9-12H2/t17-,18?/m0/s1. The summed E-state index contributed by atoms with van der Waals surface area (Å²) < 4.78 is -0.0615. The lowest BCUT2D eigenvalue weighted by Crippen LogP contribution is -2.52. The minimum atomic E-state index is -0.0615. The molecule has 19 heavy (non-hydrogen) atoms. The van der Waals surface area contributed by atoms with Crippen molar-refractivity contribution in [3.05, 3.63) is 76.0 Å². The van der Waals surface area contributed by atoms with E-state index < -0.39 is 0 Å². The molecule has 4 rings (SSSR count). The van der Waals surface area contributed by atoms with Crippen LogP contribution in [0.5, 0.6) is 0 Å². The van der Waals surface area contributed by atoms with Gasteiger partial charge in [0, 0.05) is 24.0 Å². The first-order valence-electron chi connectivity index (χ1n) is 6.99. The minimum absolute atomic E-state index is 0.0615. The molecule has 1 unspecified atom stereocenters. The average Bonchev–Trinajstić information content (AvgIpc) is 2.45. The quantitative estimate of drug-likeness (QED) is 0.520. The van der Waals surface area contributed by atoms with E-state index in [1.165, 1.54) is 22.3 Å². The van der Waals surface area contributed by atoms with Gasteiger partial charge >= 0.3 is 0 Å². The minimum Gasteiger partial charge on any atom is -0.632 e. The summed E-state index contributed by atoms with van der Waals surface area (Å²) >= 11 is 0. The molecule has 0 spiro atoms. The smallest absolute Gasteiger partial charge is 0.119 e. The van der Waals surface area contributed by atoms with E-state index in [0.29, 0.717) is 6.54 Å². The Morgan fingerprint density at radius 1 is 0.895 bits per heavy atom. The molecule has 0 bridgehead atoms. The van der Waals surface area contributed by atoms with Crippen LogP contribution in [0.3, 0.4) is 0 Å². The number of benzene rings is 2. The fourth-order valence-electron chi connectivity index (χ4n) is 3.68. The van der Waals surface area contributed by atoms with Crippen LogP contribution in [0.2, 0.25) is 0 Å². The van der Waals surface area contributed by atoms with Crippen LogP contribution < -0.4 is 0 Å². The number of fused-ring (bicyclic) bond motifs is 4. The lowest BCUT2D eigenvalue weighted by molar-refractivity contribution is -0.928. The van der Waals surface area contributed by atoms with Crippen LogP contribution in [0.1, 0.15) is 28.3 Å². The van der Waals surface area contributed by atoms with Gasteiger partial charge in [0.25, 0.3) is 0 Å². The van der Waals surface area contributed by atoms with E-state index in [1.54, 1.807) is 0 Å². The summed E-state index contributed by atoms with van der Waals surface area (Å²) in [6.07, 6.45) is 1.80. The number of hydrogen-bond donors (Lipinski definition) is 0. The van der Waals surface area contributed by atoms with Gasteiger partial charge in [-0.05, 0) is 11.1 Å². The van der Waals surface area contributed by atoms with Crippen LogP contribution in [0.15, 0.2) is 48.5 Å². The molecule has 2 aromatic rings. The van der Waals surface area contributed by atoms with Gasteiger partial charge in [0.2, 0.25) is 0 Å². The van der Waals surface area contributed by atoms with Crippen molar-refractivity contribution in [2.24, 2.45) is 0 Å². The maximum Gasteiger partial charge on any atom is 0.119 e. The van der Waals surface area contributed by atoms with Gasteiger partial charge in [0.1, 0.15) is 12.6 Å². The summed E-state index contributed by atoms with van der Waals surface area (Å²) in [6, 6.07) is 17.0. The highest BCUT2D eigenvalue weighted by Crippen LogP contribution is 2.43. The zero-order valence-electron chi connectivity index (χ0n) is 10.9. The van der Waals surface area contributed by atoms with Crippen molar-refractivity contribution in [3.63, 3.8) is 0 Å². The van der Waals surface area contributed by atoms with Gasteiger partial charge in [0.05, 0.1) is 6.54 Å². The Morgan fingerprint density at radius 3 is 2.42 bits per heavy atom. The molecule has 0 aromatic heterocycles. The molecule has 2 aliphatic rings. The fourth-order valence-corrected chi connectivity index (χ4v) is 3.68. The maximum absolute atomic E-state index is 13.2. The van der Waals surface area contributed by atoms with Gasteiger partial charge in [0.15, 0.2) is 0 Å². The lowest BCUT2D eigenvalue weighted by Gasteiger charge is -2.54. The van der Waals surface area contributed by atoms with Gasteiger partial charge in [-0.15, -0.1) is 0 Å². The number of hydrogen-bond acceptors (Lipinski definition) is 1. The monoisotopic (exact) mass is 251 g/mol. The SMILES string of the molecule is [O-][N+]12CCc3ccccc3[C@@H]1Cc1ccccc1C2. The third-order valence-corrected chi connectivity index (χ3v) is 4.71. The van der Waals surface area contributed by atoms with E-state index in [9.17, 15) is 5.21 Å². The van der Waals surface area contributed by atoms with Crippen LogP contribution in [0, 0.1) is 5.21 Å². The summed E-state index contributed by atoms with van der Waals surface area (Å²) in [5.41, 5.74) is 5.25. The largest absolute Gasteiger partial charge is 0.632 e. The predicted molar refractivity (Wildman–Crippen MR) is 75.2 cm³/mol. The Labute approximate surface area is 113 Å². The second-order valence-corrected chi connectivity index (χ2v) is 5.77. The van der Waals surface area contributed by atoms with Crippen LogP contribution in [0.4, 0.5) is 0 Å². The Balaban J connectivity index is 1.85. The molecule has 2 atom stereocenters. The molecule has 0 saturated heterocycles. The molecule has 0 saturated carbocycles. The third kappa shape index (κ3) is 1.64. The average molecular weight is 251 g/mol. The van der Waals surface area contributed by atoms with E-state index in [1.807, 2.05) is 6.07 Å². The molecule has 96 valence electrons. The number of rotatable bonds is 0. The normalized spacial score (nSPS) is 28.2. The second-order valence-electron chi connectivity index (χ2n) is 5.77. The molecule has 0 radical (unpaired) electrons. The van der Waals surface area contributed by atoms with Gasteiger partial charge in [-0.3, -0.25) is 0 Å². The van der Waals surface area contributed by atoms with Crippen LogP contribution in [-0.2, 0) is 19.4 Å². The Kier molecular flexibility index (Phi) is 2.32. The Hall–Kier alpha value is -1.64. The highest BCUT2D eigenvalue weighted by Gasteiger charge is 2.39. The van der Waals surface area contributed by atoms with Crippen molar-refractivity contribution < 1.29 is 4.65 Å². The summed E-state index contributed by atoms with van der Waals surface area (Å²) in [5, 5.41) is 13.2. The second kappa shape index (κ2) is 3.92. The maximum atomic E-state index is 13.2. The van der Waals surface area contributed by atoms with Crippen LogP contribution in [-0.4, -0.2) is 11.2 Å². The molecule has 0 N–H and O–H groups in total. The van der Waals surface area contributed by atoms with E-state index in [2.05, 4.69) is 42.5 Å². The molecule has 2 heteroatoms. The molecular weight excluding hydrogens is 234 g/mol. The fraction of sp³-hybridized carbons (Fsp3) is 0.294. The highest BCUT2D eigenvalue weighted by atomic mass is 16.5. The topological polar surface area (TPSA) is 23.1 Å². The number of quaternary nitrogens is 1. The van der Waals surface area contributed by atoms with Crippen molar-refractivity contribution in [3.8, 4) is 0 Å². The summed E-state index contributed by atoms with van der Waals surface area (Å²) in [5.74, 6) is 0. The Morgan fingerprint density at radius 2 is 1.58 bits per heavy atom. The number of nitrogens with zero attached hydrogens (tertiary/aromatic N) is 1. The van der Waals surface area contributed by atoms with Gasteiger partial charge in [-0.2, -0.15) is 0 Å². The summed E-state index contributed by atoms with van der Waals surface area (Å²) in [6.45, 7) is 1.35. The molecule has 2 aliphatic heterocycles. The van der Waals surface area contributed by atoms with Crippen molar-refractivity contribution >= 4 is 0 Å². The van der Waals surface area contributed by atoms with Gasteiger partial charge < -0.3 is 9.85 Å². The third-order valence-electron chi connectivity index (χ3n) is 4.71. The molecule has 0 fully saturated rings. The van der Waals surface area contributed by atoms with Crippen molar-refractivity contribution in [1.82, 2.24) is 0 Å². The van der Waals surface area contributed by atoms with Crippen molar-refractivity contribution in [1.29, 1.82) is 0 Å². The molecule has 0 aliphatic carbocycles. The van der Waals surface area contributed by atoms with E-state index in [-0.39, 0.29) is 10.7 Å². The van der Waals surface area contributed by atoms with Crippen LogP contribution in [0.25, 0.3) is 0 Å².